The number of sulfone groups is 1. The van der Waals surface area contributed by atoms with Crippen molar-refractivity contribution < 1.29 is 18.3 Å². The summed E-state index contributed by atoms with van der Waals surface area (Å²) in [6, 6.07) is 2.64. The van der Waals surface area contributed by atoms with Crippen LogP contribution in [0.25, 0.3) is 11.0 Å². The van der Waals surface area contributed by atoms with Crippen molar-refractivity contribution in [3.8, 4) is 0 Å². The Morgan fingerprint density at radius 1 is 1.24 bits per heavy atom. The summed E-state index contributed by atoms with van der Waals surface area (Å²) in [6.07, 6.45) is 2.18. The number of aromatic nitrogens is 3. The molecule has 2 heterocycles. The predicted molar refractivity (Wildman–Crippen MR) is 57.4 cm³/mol. The number of pyridine rings is 1. The molecule has 0 saturated carbocycles. The van der Waals surface area contributed by atoms with Crippen molar-refractivity contribution in [2.24, 2.45) is 0 Å². The van der Waals surface area contributed by atoms with E-state index in [1.165, 1.54) is 18.3 Å². The van der Waals surface area contributed by atoms with Crippen molar-refractivity contribution in [2.45, 2.75) is 5.16 Å². The van der Waals surface area contributed by atoms with Crippen molar-refractivity contribution in [2.75, 3.05) is 6.26 Å². The lowest BCUT2D eigenvalue weighted by Gasteiger charge is -2.00. The lowest BCUT2D eigenvalue weighted by Crippen LogP contribution is -2.05. The minimum Gasteiger partial charge on any atom is -0.477 e. The zero-order chi connectivity index (χ0) is 12.6. The summed E-state index contributed by atoms with van der Waals surface area (Å²) in [5.41, 5.74) is 0.371. The molecule has 0 aliphatic rings. The van der Waals surface area contributed by atoms with Gasteiger partial charge in [-0.2, -0.15) is 0 Å². The Bertz CT molecular complexity index is 711. The standard InChI is InChI=1S/C9H7N3O4S/c1-17(15,16)9-10-4-7-5(12-9)2-3-6(11-7)8(13)14/h2-4H,1H3,(H,13,14). The number of carbonyl (C=O) groups is 1. The maximum Gasteiger partial charge on any atom is 0.354 e. The third kappa shape index (κ3) is 2.21. The molecule has 0 saturated heterocycles. The summed E-state index contributed by atoms with van der Waals surface area (Å²) in [7, 11) is -3.49. The van der Waals surface area contributed by atoms with E-state index in [0.29, 0.717) is 0 Å². The van der Waals surface area contributed by atoms with Gasteiger partial charge < -0.3 is 5.11 Å². The molecule has 17 heavy (non-hydrogen) atoms. The first-order chi connectivity index (χ1) is 7.88. The number of carboxylic acids is 1. The molecular formula is C9H7N3O4S. The second-order valence-corrected chi connectivity index (χ2v) is 5.24. The molecule has 0 bridgehead atoms. The van der Waals surface area contributed by atoms with Crippen LogP contribution in [0.2, 0.25) is 0 Å². The minimum atomic E-state index is -3.49. The average molecular weight is 253 g/mol. The van der Waals surface area contributed by atoms with E-state index in [1.54, 1.807) is 0 Å². The highest BCUT2D eigenvalue weighted by Gasteiger charge is 2.13. The molecule has 0 fully saturated rings. The first-order valence-electron chi connectivity index (χ1n) is 4.45. The molecule has 2 aromatic rings. The van der Waals surface area contributed by atoms with E-state index in [9.17, 15) is 13.2 Å². The highest BCUT2D eigenvalue weighted by atomic mass is 32.2. The molecule has 0 atom stereocenters. The molecule has 0 unspecified atom stereocenters. The van der Waals surface area contributed by atoms with E-state index < -0.39 is 15.8 Å². The molecule has 88 valence electrons. The molecule has 2 rings (SSSR count). The molecule has 1 N–H and O–H groups in total. The molecule has 0 radical (unpaired) electrons. The van der Waals surface area contributed by atoms with Crippen molar-refractivity contribution in [3.05, 3.63) is 24.0 Å². The predicted octanol–water partition coefficient (Wildman–Crippen LogP) is 0.126. The number of hydrogen-bond acceptors (Lipinski definition) is 6. The Morgan fingerprint density at radius 2 is 1.94 bits per heavy atom. The lowest BCUT2D eigenvalue weighted by molar-refractivity contribution is 0.0691. The van der Waals surface area contributed by atoms with Gasteiger partial charge in [0.05, 0.1) is 11.7 Å². The molecule has 7 nitrogen and oxygen atoms in total. The second kappa shape index (κ2) is 3.74. The summed E-state index contributed by atoms with van der Waals surface area (Å²) in [6.45, 7) is 0. The van der Waals surface area contributed by atoms with Crippen LogP contribution in [0.15, 0.2) is 23.5 Å². The van der Waals surface area contributed by atoms with Crippen LogP contribution in [0.4, 0.5) is 0 Å². The van der Waals surface area contributed by atoms with Crippen LogP contribution < -0.4 is 0 Å². The Balaban J connectivity index is 2.66. The van der Waals surface area contributed by atoms with Crippen molar-refractivity contribution in [1.82, 2.24) is 15.0 Å². The van der Waals surface area contributed by atoms with E-state index in [1.807, 2.05) is 0 Å². The van der Waals surface area contributed by atoms with Crippen LogP contribution >= 0.6 is 0 Å². The molecule has 0 spiro atoms. The van der Waals surface area contributed by atoms with Gasteiger partial charge in [-0.3, -0.25) is 0 Å². The van der Waals surface area contributed by atoms with Gasteiger partial charge >= 0.3 is 5.97 Å². The maximum atomic E-state index is 11.2. The molecular weight excluding hydrogens is 246 g/mol. The number of carboxylic acid groups (broad SMARTS) is 1. The average Bonchev–Trinajstić information content (AvgIpc) is 2.26. The zero-order valence-electron chi connectivity index (χ0n) is 8.65. The number of rotatable bonds is 2. The fourth-order valence-electron chi connectivity index (χ4n) is 1.20. The van der Waals surface area contributed by atoms with Crippen LogP contribution in [-0.2, 0) is 9.84 Å². The largest absolute Gasteiger partial charge is 0.477 e. The van der Waals surface area contributed by atoms with Gasteiger partial charge in [-0.05, 0) is 12.1 Å². The Labute approximate surface area is 96.1 Å². The first-order valence-corrected chi connectivity index (χ1v) is 6.34. The smallest absolute Gasteiger partial charge is 0.354 e. The van der Waals surface area contributed by atoms with Crippen molar-refractivity contribution in [1.29, 1.82) is 0 Å². The third-order valence-electron chi connectivity index (χ3n) is 1.97. The molecule has 0 aromatic carbocycles. The van der Waals surface area contributed by atoms with E-state index in [2.05, 4.69) is 15.0 Å². The Morgan fingerprint density at radius 3 is 2.53 bits per heavy atom. The minimum absolute atomic E-state index is 0.145. The summed E-state index contributed by atoms with van der Waals surface area (Å²) in [4.78, 5) is 21.9. The van der Waals surface area contributed by atoms with Crippen molar-refractivity contribution >= 4 is 26.8 Å². The van der Waals surface area contributed by atoms with Crippen LogP contribution in [0.5, 0.6) is 0 Å². The second-order valence-electron chi connectivity index (χ2n) is 3.33. The van der Waals surface area contributed by atoms with Gasteiger partial charge in [0.2, 0.25) is 15.0 Å². The fraction of sp³-hybridized carbons (Fsp3) is 0.111. The van der Waals surface area contributed by atoms with Crippen LogP contribution in [-0.4, -0.2) is 40.7 Å². The van der Waals surface area contributed by atoms with Gasteiger partial charge in [0.25, 0.3) is 0 Å². The third-order valence-corrected chi connectivity index (χ3v) is 2.83. The SMILES string of the molecule is CS(=O)(=O)c1ncc2nc(C(=O)O)ccc2n1. The summed E-state index contributed by atoms with van der Waals surface area (Å²) in [5, 5.41) is 8.42. The Hall–Kier alpha value is -2.09. The monoisotopic (exact) mass is 253 g/mol. The lowest BCUT2D eigenvalue weighted by atomic mass is 10.3. The molecule has 0 aliphatic heterocycles. The van der Waals surface area contributed by atoms with Gasteiger partial charge in [-0.25, -0.2) is 28.2 Å². The van der Waals surface area contributed by atoms with Crippen LogP contribution in [0.3, 0.4) is 0 Å². The topological polar surface area (TPSA) is 110 Å². The summed E-state index contributed by atoms with van der Waals surface area (Å²) in [5.74, 6) is -1.17. The first kappa shape index (κ1) is 11.4. The number of fused-ring (bicyclic) bond motifs is 1. The summed E-state index contributed by atoms with van der Waals surface area (Å²) < 4.78 is 22.4. The van der Waals surface area contributed by atoms with Gasteiger partial charge in [0.15, 0.2) is 0 Å². The van der Waals surface area contributed by atoms with Gasteiger partial charge in [-0.1, -0.05) is 0 Å². The molecule has 0 aliphatic carbocycles. The zero-order valence-corrected chi connectivity index (χ0v) is 9.47. The van der Waals surface area contributed by atoms with Gasteiger partial charge in [-0.15, -0.1) is 0 Å². The van der Waals surface area contributed by atoms with Crippen molar-refractivity contribution in [3.63, 3.8) is 0 Å². The number of aromatic carboxylic acids is 1. The van der Waals surface area contributed by atoms with Gasteiger partial charge in [0, 0.05) is 6.26 Å². The highest BCUT2D eigenvalue weighted by Crippen LogP contribution is 2.11. The van der Waals surface area contributed by atoms with Gasteiger partial charge in [0.1, 0.15) is 11.2 Å². The quantitative estimate of drug-likeness (QED) is 0.757. The number of nitrogens with zero attached hydrogens (tertiary/aromatic N) is 3. The Kier molecular flexibility index (Phi) is 2.50. The van der Waals surface area contributed by atoms with E-state index in [-0.39, 0.29) is 21.9 Å². The molecule has 0 amide bonds. The molecule has 2 aromatic heterocycles. The highest BCUT2D eigenvalue weighted by molar-refractivity contribution is 7.90. The van der Waals surface area contributed by atoms with Crippen LogP contribution in [0, 0.1) is 0 Å². The molecule has 8 heteroatoms. The number of hydrogen-bond donors (Lipinski definition) is 1. The van der Waals surface area contributed by atoms with E-state index in [0.717, 1.165) is 6.26 Å². The maximum absolute atomic E-state index is 11.2. The van der Waals surface area contributed by atoms with E-state index >= 15 is 0 Å². The van der Waals surface area contributed by atoms with E-state index in [4.69, 9.17) is 5.11 Å². The normalized spacial score (nSPS) is 11.6. The summed E-state index contributed by atoms with van der Waals surface area (Å²) >= 11 is 0. The fourth-order valence-corrected chi connectivity index (χ4v) is 1.71. The van der Waals surface area contributed by atoms with Crippen LogP contribution in [0.1, 0.15) is 10.5 Å².